The maximum atomic E-state index is 12.7. The first-order valence-electron chi connectivity index (χ1n) is 7.74. The number of nitro benzene ring substituents is 1. The van der Waals surface area contributed by atoms with Gasteiger partial charge in [-0.1, -0.05) is 18.2 Å². The maximum absolute atomic E-state index is 12.7. The summed E-state index contributed by atoms with van der Waals surface area (Å²) in [4.78, 5) is 35.5. The summed E-state index contributed by atoms with van der Waals surface area (Å²) in [5.41, 5.74) is 0.528. The van der Waals surface area contributed by atoms with E-state index in [1.54, 1.807) is 12.1 Å². The van der Waals surface area contributed by atoms with Crippen molar-refractivity contribution in [1.29, 1.82) is 0 Å². The van der Waals surface area contributed by atoms with Crippen molar-refractivity contribution in [2.75, 3.05) is 11.4 Å². The average molecular weight is 342 g/mol. The molecular formula is C18H18N2O5. The summed E-state index contributed by atoms with van der Waals surface area (Å²) >= 11 is 0. The lowest BCUT2D eigenvalue weighted by Crippen LogP contribution is -2.40. The molecule has 0 aromatic heterocycles. The normalized spacial score (nSPS) is 11.4. The Labute approximate surface area is 145 Å². The van der Waals surface area contributed by atoms with Crippen molar-refractivity contribution >= 4 is 23.6 Å². The molecule has 0 aliphatic carbocycles. The molecule has 0 radical (unpaired) electrons. The lowest BCUT2D eigenvalue weighted by atomic mass is 10.2. The highest BCUT2D eigenvalue weighted by Crippen LogP contribution is 2.29. The number of benzene rings is 2. The summed E-state index contributed by atoms with van der Waals surface area (Å²) in [6, 6.07) is 12.9. The Bertz CT molecular complexity index is 776. The first-order chi connectivity index (χ1) is 12.0. The third kappa shape index (κ3) is 4.20. The SMILES string of the molecule is CCN(C(=O)[C@@H](C)Oc1ccc(C=O)cc1[N+](=O)[O-])c1ccccc1. The first-order valence-corrected chi connectivity index (χ1v) is 7.74. The molecule has 2 rings (SSSR count). The topological polar surface area (TPSA) is 89.8 Å². The van der Waals surface area contributed by atoms with Gasteiger partial charge in [-0.15, -0.1) is 0 Å². The molecule has 0 bridgehead atoms. The van der Waals surface area contributed by atoms with E-state index in [0.29, 0.717) is 12.8 Å². The Morgan fingerprint density at radius 3 is 2.52 bits per heavy atom. The van der Waals surface area contributed by atoms with Crippen molar-refractivity contribution in [3.63, 3.8) is 0 Å². The molecule has 2 aromatic rings. The minimum absolute atomic E-state index is 0.0550. The van der Waals surface area contributed by atoms with Crippen molar-refractivity contribution in [3.05, 3.63) is 64.2 Å². The largest absolute Gasteiger partial charge is 0.474 e. The van der Waals surface area contributed by atoms with E-state index in [2.05, 4.69) is 0 Å². The molecule has 0 fully saturated rings. The number of likely N-dealkylation sites (N-methyl/N-ethyl adjacent to an activating group) is 1. The summed E-state index contributed by atoms with van der Waals surface area (Å²) in [6.07, 6.45) is -0.416. The van der Waals surface area contributed by atoms with Gasteiger partial charge in [0.25, 0.3) is 5.91 Å². The number of anilines is 1. The predicted molar refractivity (Wildman–Crippen MR) is 93.0 cm³/mol. The molecule has 7 nitrogen and oxygen atoms in total. The van der Waals surface area contributed by atoms with E-state index in [0.717, 1.165) is 11.8 Å². The molecule has 0 saturated heterocycles. The van der Waals surface area contributed by atoms with Crippen LogP contribution in [0.1, 0.15) is 24.2 Å². The van der Waals surface area contributed by atoms with Crippen molar-refractivity contribution in [3.8, 4) is 5.75 Å². The average Bonchev–Trinajstić information content (AvgIpc) is 2.63. The van der Waals surface area contributed by atoms with Crippen LogP contribution in [0.4, 0.5) is 11.4 Å². The van der Waals surface area contributed by atoms with E-state index < -0.39 is 11.0 Å². The lowest BCUT2D eigenvalue weighted by molar-refractivity contribution is -0.386. The van der Waals surface area contributed by atoms with Crippen molar-refractivity contribution in [2.24, 2.45) is 0 Å². The summed E-state index contributed by atoms with van der Waals surface area (Å²) in [7, 11) is 0. The van der Waals surface area contributed by atoms with Crippen molar-refractivity contribution < 1.29 is 19.2 Å². The van der Waals surface area contributed by atoms with Crippen LogP contribution < -0.4 is 9.64 Å². The molecule has 0 aliphatic heterocycles. The van der Waals surface area contributed by atoms with Crippen molar-refractivity contribution in [2.45, 2.75) is 20.0 Å². The highest BCUT2D eigenvalue weighted by atomic mass is 16.6. The fourth-order valence-corrected chi connectivity index (χ4v) is 2.38. The molecule has 0 spiro atoms. The number of hydrogen-bond acceptors (Lipinski definition) is 5. The Morgan fingerprint density at radius 1 is 1.28 bits per heavy atom. The van der Waals surface area contributed by atoms with Gasteiger partial charge in [0.15, 0.2) is 11.9 Å². The quantitative estimate of drug-likeness (QED) is 0.438. The number of amides is 1. The van der Waals surface area contributed by atoms with E-state index in [4.69, 9.17) is 4.74 Å². The van der Waals surface area contributed by atoms with Gasteiger partial charge in [-0.3, -0.25) is 19.7 Å². The fraction of sp³-hybridized carbons (Fsp3) is 0.222. The van der Waals surface area contributed by atoms with Crippen LogP contribution >= 0.6 is 0 Å². The number of para-hydroxylation sites is 1. The second kappa shape index (κ2) is 8.05. The van der Waals surface area contributed by atoms with Crippen LogP contribution in [0.2, 0.25) is 0 Å². The van der Waals surface area contributed by atoms with E-state index in [-0.39, 0.29) is 22.9 Å². The van der Waals surface area contributed by atoms with Gasteiger partial charge in [0.1, 0.15) is 6.29 Å². The summed E-state index contributed by atoms with van der Waals surface area (Å²) in [5, 5.41) is 11.2. The Balaban J connectivity index is 2.23. The van der Waals surface area contributed by atoms with Crippen LogP contribution in [-0.2, 0) is 4.79 Å². The van der Waals surface area contributed by atoms with Crippen LogP contribution in [-0.4, -0.2) is 29.8 Å². The highest BCUT2D eigenvalue weighted by Gasteiger charge is 2.25. The van der Waals surface area contributed by atoms with E-state index in [1.807, 2.05) is 25.1 Å². The second-order valence-corrected chi connectivity index (χ2v) is 5.28. The van der Waals surface area contributed by atoms with Gasteiger partial charge in [-0.2, -0.15) is 0 Å². The molecule has 0 heterocycles. The molecule has 1 amide bonds. The molecule has 0 aliphatic rings. The first kappa shape index (κ1) is 18.1. The number of nitro groups is 1. The van der Waals surface area contributed by atoms with Gasteiger partial charge >= 0.3 is 5.69 Å². The Kier molecular flexibility index (Phi) is 5.84. The van der Waals surface area contributed by atoms with Crippen LogP contribution in [0, 0.1) is 10.1 Å². The molecule has 1 atom stereocenters. The van der Waals surface area contributed by atoms with Crippen molar-refractivity contribution in [1.82, 2.24) is 0 Å². The van der Waals surface area contributed by atoms with Gasteiger partial charge in [-0.05, 0) is 38.1 Å². The molecule has 7 heteroatoms. The predicted octanol–water partition coefficient (Wildman–Crippen LogP) is 3.23. The zero-order valence-electron chi connectivity index (χ0n) is 13.9. The van der Waals surface area contributed by atoms with Gasteiger partial charge in [0, 0.05) is 23.9 Å². The Morgan fingerprint density at radius 2 is 1.96 bits per heavy atom. The monoisotopic (exact) mass is 342 g/mol. The summed E-state index contributed by atoms with van der Waals surface area (Å²) < 4.78 is 5.52. The van der Waals surface area contributed by atoms with Crippen LogP contribution in [0.15, 0.2) is 48.5 Å². The van der Waals surface area contributed by atoms with Gasteiger partial charge in [-0.25, -0.2) is 0 Å². The number of ether oxygens (including phenoxy) is 1. The van der Waals surface area contributed by atoms with Crippen LogP contribution in [0.5, 0.6) is 5.75 Å². The zero-order chi connectivity index (χ0) is 18.4. The smallest absolute Gasteiger partial charge is 0.311 e. The molecule has 0 saturated carbocycles. The molecule has 25 heavy (non-hydrogen) atoms. The van der Waals surface area contributed by atoms with E-state index in [1.165, 1.54) is 24.0 Å². The summed E-state index contributed by atoms with van der Waals surface area (Å²) in [6.45, 7) is 3.80. The number of rotatable bonds is 7. The summed E-state index contributed by atoms with van der Waals surface area (Å²) in [5.74, 6) is -0.372. The highest BCUT2D eigenvalue weighted by molar-refractivity contribution is 5.96. The van der Waals surface area contributed by atoms with E-state index >= 15 is 0 Å². The third-order valence-corrected chi connectivity index (χ3v) is 3.62. The third-order valence-electron chi connectivity index (χ3n) is 3.62. The van der Waals surface area contributed by atoms with Gasteiger partial charge in [0.05, 0.1) is 4.92 Å². The van der Waals surface area contributed by atoms with Gasteiger partial charge < -0.3 is 9.64 Å². The Hall–Kier alpha value is -3.22. The molecular weight excluding hydrogens is 324 g/mol. The van der Waals surface area contributed by atoms with E-state index in [9.17, 15) is 19.7 Å². The zero-order valence-corrected chi connectivity index (χ0v) is 13.9. The number of nitrogens with zero attached hydrogens (tertiary/aromatic N) is 2. The number of carbonyl (C=O) groups excluding carboxylic acids is 2. The lowest BCUT2D eigenvalue weighted by Gasteiger charge is -2.24. The number of aldehydes is 1. The maximum Gasteiger partial charge on any atom is 0.311 e. The molecule has 130 valence electrons. The second-order valence-electron chi connectivity index (χ2n) is 5.28. The van der Waals surface area contributed by atoms with Gasteiger partial charge in [0.2, 0.25) is 0 Å². The minimum atomic E-state index is -0.930. The molecule has 0 unspecified atom stereocenters. The van der Waals surface area contributed by atoms with Crippen LogP contribution in [0.25, 0.3) is 0 Å². The minimum Gasteiger partial charge on any atom is -0.474 e. The standard InChI is InChI=1S/C18H18N2O5/c1-3-19(15-7-5-4-6-8-15)18(22)13(2)25-17-10-9-14(12-21)11-16(17)20(23)24/h4-13H,3H2,1-2H3/t13-/m1/s1. The molecule has 2 aromatic carbocycles. The number of carbonyl (C=O) groups is 2. The van der Waals surface area contributed by atoms with Crippen LogP contribution in [0.3, 0.4) is 0 Å². The molecule has 0 N–H and O–H groups in total. The fourth-order valence-electron chi connectivity index (χ4n) is 2.38. The number of hydrogen-bond donors (Lipinski definition) is 0.